The first-order valence-corrected chi connectivity index (χ1v) is 14.8. The van der Waals surface area contributed by atoms with E-state index in [-0.39, 0.29) is 33.5 Å². The lowest BCUT2D eigenvalue weighted by molar-refractivity contribution is -0.0167. The molecule has 0 bridgehead atoms. The second-order valence-electron chi connectivity index (χ2n) is 10.6. The van der Waals surface area contributed by atoms with Gasteiger partial charge in [0.15, 0.2) is 0 Å². The number of sulfonamides is 1. The van der Waals surface area contributed by atoms with Crippen LogP contribution in [0.2, 0.25) is 0 Å². The van der Waals surface area contributed by atoms with E-state index < -0.39 is 28.4 Å². The van der Waals surface area contributed by atoms with Crippen molar-refractivity contribution in [1.29, 1.82) is 0 Å². The van der Waals surface area contributed by atoms with Gasteiger partial charge in [-0.1, -0.05) is 6.07 Å². The van der Waals surface area contributed by atoms with E-state index in [0.29, 0.717) is 41.8 Å². The number of ether oxygens (including phenoxy) is 2. The van der Waals surface area contributed by atoms with Crippen molar-refractivity contribution in [3.8, 4) is 17.0 Å². The van der Waals surface area contributed by atoms with Gasteiger partial charge in [-0.3, -0.25) is 14.1 Å². The van der Waals surface area contributed by atoms with Crippen LogP contribution in [0.3, 0.4) is 0 Å². The lowest BCUT2D eigenvalue weighted by Gasteiger charge is -2.43. The van der Waals surface area contributed by atoms with E-state index in [0.717, 1.165) is 25.0 Å². The monoisotopic (exact) mass is 602 g/mol. The summed E-state index contributed by atoms with van der Waals surface area (Å²) in [5.74, 6) is -0.817. The predicted octanol–water partition coefficient (Wildman–Crippen LogP) is 2.92. The van der Waals surface area contributed by atoms with Gasteiger partial charge in [0.25, 0.3) is 15.6 Å². The minimum Gasteiger partial charge on any atom is -0.480 e. The molecule has 42 heavy (non-hydrogen) atoms. The Hall–Kier alpha value is -3.88. The van der Waals surface area contributed by atoms with Crippen molar-refractivity contribution >= 4 is 26.9 Å². The van der Waals surface area contributed by atoms with Crippen molar-refractivity contribution in [2.24, 2.45) is 0 Å². The maximum atomic E-state index is 14.4. The van der Waals surface area contributed by atoms with Crippen LogP contribution in [-0.2, 0) is 21.3 Å². The van der Waals surface area contributed by atoms with Gasteiger partial charge in [0.1, 0.15) is 16.9 Å². The van der Waals surface area contributed by atoms with Gasteiger partial charge in [-0.05, 0) is 62.9 Å². The molecule has 14 heteroatoms. The number of methoxy groups -OCH3 is 1. The Morgan fingerprint density at radius 3 is 2.62 bits per heavy atom. The molecule has 11 nitrogen and oxygen atoms in total. The summed E-state index contributed by atoms with van der Waals surface area (Å²) >= 11 is 0. The molecule has 224 valence electrons. The first-order valence-electron chi connectivity index (χ1n) is 13.3. The highest BCUT2D eigenvalue weighted by Gasteiger charge is 2.36. The molecule has 5 rings (SSSR count). The molecular weight excluding hydrogens is 570 g/mol. The topological polar surface area (TPSA) is 142 Å². The van der Waals surface area contributed by atoms with Crippen molar-refractivity contribution < 1.29 is 26.7 Å². The summed E-state index contributed by atoms with van der Waals surface area (Å²) < 4.78 is 68.7. The fourth-order valence-electron chi connectivity index (χ4n) is 5.24. The third-order valence-electron chi connectivity index (χ3n) is 7.85. The first-order chi connectivity index (χ1) is 19.9. The van der Waals surface area contributed by atoms with Gasteiger partial charge < -0.3 is 20.1 Å². The fourth-order valence-corrected chi connectivity index (χ4v) is 6.50. The summed E-state index contributed by atoms with van der Waals surface area (Å²) in [6.07, 6.45) is 2.46. The van der Waals surface area contributed by atoms with E-state index in [4.69, 9.17) is 15.2 Å². The van der Waals surface area contributed by atoms with Crippen LogP contribution in [0.25, 0.3) is 22.0 Å². The molecule has 1 aromatic carbocycles. The summed E-state index contributed by atoms with van der Waals surface area (Å²) in [4.78, 5) is 24.1. The number of likely N-dealkylation sites (N-methyl/N-ethyl adjacent to an activating group) is 1. The number of halogens is 2. The molecule has 0 radical (unpaired) electrons. The first kappa shape index (κ1) is 29.6. The van der Waals surface area contributed by atoms with Crippen LogP contribution in [0, 0.1) is 0 Å². The summed E-state index contributed by atoms with van der Waals surface area (Å²) in [6, 6.07) is 6.21. The maximum Gasteiger partial charge on any atom is 0.267 e. The molecule has 1 saturated heterocycles. The van der Waals surface area contributed by atoms with Crippen LogP contribution in [0.15, 0.2) is 63.8 Å². The molecular formula is C28H32F2N6O5S. The highest BCUT2D eigenvalue weighted by molar-refractivity contribution is 7.89. The second kappa shape index (κ2) is 11.4. The molecule has 2 aromatic heterocycles. The number of anilines is 1. The second-order valence-corrected chi connectivity index (χ2v) is 12.2. The molecule has 1 atom stereocenters. The number of hydrogen-bond acceptors (Lipinski definition) is 9. The number of nitrogens with one attached hydrogen (secondary N) is 1. The average Bonchev–Trinajstić information content (AvgIpc) is 2.96. The van der Waals surface area contributed by atoms with Crippen molar-refractivity contribution in [2.75, 3.05) is 40.2 Å². The third-order valence-corrected chi connectivity index (χ3v) is 9.23. The van der Waals surface area contributed by atoms with Gasteiger partial charge in [0, 0.05) is 43.5 Å². The number of benzene rings is 1. The average molecular weight is 603 g/mol. The van der Waals surface area contributed by atoms with E-state index in [1.165, 1.54) is 23.9 Å². The molecule has 1 aliphatic heterocycles. The van der Waals surface area contributed by atoms with E-state index in [2.05, 4.69) is 19.6 Å². The largest absolute Gasteiger partial charge is 0.480 e. The smallest absolute Gasteiger partial charge is 0.267 e. The van der Waals surface area contributed by atoms with E-state index in [9.17, 15) is 22.0 Å². The Labute approximate surface area is 241 Å². The number of rotatable bonds is 8. The molecule has 3 N–H and O–H groups in total. The highest BCUT2D eigenvalue weighted by Crippen LogP contribution is 2.32. The van der Waals surface area contributed by atoms with Crippen LogP contribution < -0.4 is 20.8 Å². The molecule has 0 saturated carbocycles. The van der Waals surface area contributed by atoms with Crippen LogP contribution >= 0.6 is 0 Å². The zero-order valence-electron chi connectivity index (χ0n) is 23.4. The Morgan fingerprint density at radius 1 is 1.21 bits per heavy atom. The summed E-state index contributed by atoms with van der Waals surface area (Å²) in [7, 11) is 0.794. The van der Waals surface area contributed by atoms with Crippen LogP contribution in [0.4, 0.5) is 14.7 Å². The molecule has 0 amide bonds. The Balaban J connectivity index is 1.55. The number of fused-ring (bicyclic) bond motifs is 1. The van der Waals surface area contributed by atoms with Gasteiger partial charge in [-0.25, -0.2) is 27.2 Å². The van der Waals surface area contributed by atoms with E-state index in [1.54, 1.807) is 18.2 Å². The number of nitrogens with zero attached hydrogens (tertiary/aromatic N) is 4. The SMILES string of the molecule is COc1ncc(-c2ccc3nc(N)n(CC4(N(C)C)CCOCC4)c(=O)c3c2)cc1S(=O)(=O)NC1=CC=C(F)CC1F. The number of pyridine rings is 1. The van der Waals surface area contributed by atoms with Crippen LogP contribution in [-0.4, -0.2) is 74.0 Å². The molecule has 1 fully saturated rings. The van der Waals surface area contributed by atoms with Crippen LogP contribution in [0.5, 0.6) is 5.88 Å². The van der Waals surface area contributed by atoms with Gasteiger partial charge >= 0.3 is 0 Å². The number of nitrogen functional groups attached to an aromatic ring is 1. The predicted molar refractivity (Wildman–Crippen MR) is 154 cm³/mol. The van der Waals surface area contributed by atoms with Crippen molar-refractivity contribution in [1.82, 2.24) is 24.2 Å². The molecule has 3 heterocycles. The van der Waals surface area contributed by atoms with Crippen molar-refractivity contribution in [3.63, 3.8) is 0 Å². The van der Waals surface area contributed by atoms with Gasteiger partial charge in [-0.15, -0.1) is 0 Å². The molecule has 2 aliphatic rings. The third kappa shape index (κ3) is 5.61. The Kier molecular flexibility index (Phi) is 8.05. The highest BCUT2D eigenvalue weighted by atomic mass is 32.2. The Morgan fingerprint density at radius 2 is 1.95 bits per heavy atom. The quantitative estimate of drug-likeness (QED) is 0.398. The zero-order valence-corrected chi connectivity index (χ0v) is 24.2. The fraction of sp³-hybridized carbons (Fsp3) is 0.393. The number of alkyl halides is 1. The summed E-state index contributed by atoms with van der Waals surface area (Å²) in [5.41, 5.74) is 6.51. The molecule has 0 spiro atoms. The molecule has 3 aromatic rings. The number of hydrogen-bond donors (Lipinski definition) is 2. The summed E-state index contributed by atoms with van der Waals surface area (Å²) in [6.45, 7) is 1.46. The standard InChI is InChI=1S/C28H32F2N6O5S/c1-35(2)28(8-10-41-11-9-28)16-36-26(37)20-12-17(4-6-22(20)33-27(36)31)18-13-24(25(40-3)32-15-18)42(38,39)34-23-7-5-19(29)14-21(23)30/h4-7,12-13,15,21,34H,8-11,14,16H2,1-3H3,(H2,31,33). The Bertz CT molecular complexity index is 1750. The minimum atomic E-state index is -4.39. The summed E-state index contributed by atoms with van der Waals surface area (Å²) in [5, 5.41) is 0.294. The number of nitrogens with two attached hydrogens (primary N) is 1. The molecule has 1 unspecified atom stereocenters. The number of aromatic nitrogens is 3. The van der Waals surface area contributed by atoms with Gasteiger partial charge in [0.2, 0.25) is 11.8 Å². The lowest BCUT2D eigenvalue weighted by atomic mass is 9.88. The zero-order chi connectivity index (χ0) is 30.2. The van der Waals surface area contributed by atoms with E-state index >= 15 is 0 Å². The maximum absolute atomic E-state index is 14.4. The van der Waals surface area contributed by atoms with Crippen molar-refractivity contribution in [3.05, 3.63) is 64.5 Å². The lowest BCUT2D eigenvalue weighted by Crippen LogP contribution is -2.53. The minimum absolute atomic E-state index is 0.0939. The van der Waals surface area contributed by atoms with E-state index in [1.807, 2.05) is 14.1 Å². The molecule has 1 aliphatic carbocycles. The van der Waals surface area contributed by atoms with Gasteiger partial charge in [-0.2, -0.15) is 0 Å². The van der Waals surface area contributed by atoms with Crippen molar-refractivity contribution in [2.45, 2.75) is 42.4 Å². The van der Waals surface area contributed by atoms with Crippen LogP contribution in [0.1, 0.15) is 19.3 Å². The van der Waals surface area contributed by atoms with Gasteiger partial charge in [0.05, 0.1) is 23.7 Å². The normalized spacial score (nSPS) is 19.0. The number of allylic oxidation sites excluding steroid dienone is 4.